The zero-order chi connectivity index (χ0) is 16.1. The number of anilines is 1. The minimum atomic E-state index is -0.127. The molecular weight excluding hydrogens is 286 g/mol. The lowest BCUT2D eigenvalue weighted by molar-refractivity contribution is 0.102. The average molecular weight is 303 g/mol. The molecule has 3 rings (SSSR count). The van der Waals surface area contributed by atoms with Crippen LogP contribution >= 0.6 is 0 Å². The van der Waals surface area contributed by atoms with Gasteiger partial charge >= 0.3 is 0 Å². The van der Waals surface area contributed by atoms with Gasteiger partial charge in [0.15, 0.2) is 0 Å². The van der Waals surface area contributed by atoms with Crippen LogP contribution in [-0.4, -0.2) is 5.91 Å². The molecule has 0 spiro atoms. The molecule has 0 fully saturated rings. The summed E-state index contributed by atoms with van der Waals surface area (Å²) < 4.78 is 5.79. The Kier molecular flexibility index (Phi) is 4.39. The highest BCUT2D eigenvalue weighted by atomic mass is 16.5. The Hall–Kier alpha value is -3.07. The summed E-state index contributed by atoms with van der Waals surface area (Å²) in [5.41, 5.74) is 2.51. The van der Waals surface area contributed by atoms with Crippen molar-refractivity contribution in [2.75, 3.05) is 5.32 Å². The summed E-state index contributed by atoms with van der Waals surface area (Å²) in [5, 5.41) is 2.86. The van der Waals surface area contributed by atoms with Crippen LogP contribution in [0.15, 0.2) is 78.9 Å². The molecule has 0 radical (unpaired) electrons. The van der Waals surface area contributed by atoms with Crippen LogP contribution in [0.4, 0.5) is 5.69 Å². The van der Waals surface area contributed by atoms with Crippen LogP contribution in [0, 0.1) is 6.92 Å². The molecule has 0 aliphatic carbocycles. The number of carbonyl (C=O) groups is 1. The second-order valence-electron chi connectivity index (χ2n) is 5.26. The van der Waals surface area contributed by atoms with Gasteiger partial charge in [0.1, 0.15) is 11.5 Å². The predicted molar refractivity (Wildman–Crippen MR) is 92.1 cm³/mol. The maximum Gasteiger partial charge on any atom is 0.255 e. The van der Waals surface area contributed by atoms with Crippen LogP contribution in [0.3, 0.4) is 0 Å². The Bertz CT molecular complexity index is 795. The maximum atomic E-state index is 12.1. The second kappa shape index (κ2) is 6.79. The number of carbonyl (C=O) groups excluding carboxylic acids is 1. The van der Waals surface area contributed by atoms with Gasteiger partial charge < -0.3 is 10.1 Å². The first-order valence-corrected chi connectivity index (χ1v) is 7.42. The smallest absolute Gasteiger partial charge is 0.255 e. The molecule has 1 amide bonds. The largest absolute Gasteiger partial charge is 0.457 e. The highest BCUT2D eigenvalue weighted by Crippen LogP contribution is 2.23. The van der Waals surface area contributed by atoms with Crippen molar-refractivity contribution in [3.63, 3.8) is 0 Å². The molecule has 0 aromatic heterocycles. The van der Waals surface area contributed by atoms with E-state index in [1.165, 1.54) is 0 Å². The van der Waals surface area contributed by atoms with Crippen molar-refractivity contribution >= 4 is 11.6 Å². The van der Waals surface area contributed by atoms with Crippen LogP contribution in [0.2, 0.25) is 0 Å². The zero-order valence-electron chi connectivity index (χ0n) is 12.8. The first-order chi connectivity index (χ1) is 11.2. The Labute approximate surface area is 135 Å². The van der Waals surface area contributed by atoms with Crippen molar-refractivity contribution in [3.8, 4) is 11.5 Å². The maximum absolute atomic E-state index is 12.1. The Morgan fingerprint density at radius 3 is 2.26 bits per heavy atom. The number of amides is 1. The number of benzene rings is 3. The quantitative estimate of drug-likeness (QED) is 0.733. The average Bonchev–Trinajstić information content (AvgIpc) is 2.57. The van der Waals surface area contributed by atoms with Crippen LogP contribution in [0.25, 0.3) is 0 Å². The SMILES string of the molecule is Cc1cccc(Oc2ccc(NC(=O)c3ccccc3)cc2)c1. The van der Waals surface area contributed by atoms with Gasteiger partial charge in [-0.15, -0.1) is 0 Å². The molecule has 0 saturated carbocycles. The molecular formula is C20H17NO2. The lowest BCUT2D eigenvalue weighted by Crippen LogP contribution is -2.11. The molecule has 3 heteroatoms. The minimum absolute atomic E-state index is 0.127. The van der Waals surface area contributed by atoms with Gasteiger partial charge in [0.2, 0.25) is 0 Å². The van der Waals surface area contributed by atoms with Crippen molar-refractivity contribution in [1.29, 1.82) is 0 Å². The fourth-order valence-corrected chi connectivity index (χ4v) is 2.21. The van der Waals surface area contributed by atoms with Crippen LogP contribution < -0.4 is 10.1 Å². The Morgan fingerprint density at radius 2 is 1.57 bits per heavy atom. The fourth-order valence-electron chi connectivity index (χ4n) is 2.21. The van der Waals surface area contributed by atoms with E-state index in [1.807, 2.05) is 73.7 Å². The number of ether oxygens (including phenoxy) is 1. The van der Waals surface area contributed by atoms with Gasteiger partial charge in [-0.3, -0.25) is 4.79 Å². The molecule has 3 aromatic rings. The standard InChI is InChI=1S/C20H17NO2/c1-15-6-5-9-19(14-15)23-18-12-10-17(11-13-18)21-20(22)16-7-3-2-4-8-16/h2-14H,1H3,(H,21,22). The van der Waals surface area contributed by atoms with E-state index in [4.69, 9.17) is 4.74 Å². The Balaban J connectivity index is 1.66. The van der Waals surface area contributed by atoms with E-state index in [0.29, 0.717) is 5.56 Å². The van der Waals surface area contributed by atoms with E-state index < -0.39 is 0 Å². The van der Waals surface area contributed by atoms with Gasteiger partial charge in [-0.2, -0.15) is 0 Å². The van der Waals surface area contributed by atoms with Crippen molar-refractivity contribution < 1.29 is 9.53 Å². The van der Waals surface area contributed by atoms with E-state index in [2.05, 4.69) is 5.32 Å². The third-order valence-corrected chi connectivity index (χ3v) is 3.37. The zero-order valence-corrected chi connectivity index (χ0v) is 12.8. The summed E-state index contributed by atoms with van der Waals surface area (Å²) in [6.07, 6.45) is 0. The van der Waals surface area contributed by atoms with E-state index in [1.54, 1.807) is 12.1 Å². The van der Waals surface area contributed by atoms with Crippen molar-refractivity contribution in [3.05, 3.63) is 90.0 Å². The lowest BCUT2D eigenvalue weighted by Gasteiger charge is -2.08. The Morgan fingerprint density at radius 1 is 0.826 bits per heavy atom. The third-order valence-electron chi connectivity index (χ3n) is 3.37. The molecule has 0 bridgehead atoms. The van der Waals surface area contributed by atoms with Gasteiger partial charge in [-0.25, -0.2) is 0 Å². The molecule has 3 aromatic carbocycles. The summed E-state index contributed by atoms with van der Waals surface area (Å²) in [7, 11) is 0. The van der Waals surface area contributed by atoms with Gasteiger partial charge in [0.25, 0.3) is 5.91 Å². The minimum Gasteiger partial charge on any atom is -0.457 e. The van der Waals surface area contributed by atoms with E-state index in [-0.39, 0.29) is 5.91 Å². The molecule has 0 unspecified atom stereocenters. The summed E-state index contributed by atoms with van der Waals surface area (Å²) in [6.45, 7) is 2.02. The predicted octanol–water partition coefficient (Wildman–Crippen LogP) is 5.04. The van der Waals surface area contributed by atoms with E-state index in [0.717, 1.165) is 22.7 Å². The van der Waals surface area contributed by atoms with Crippen LogP contribution in [0.5, 0.6) is 11.5 Å². The molecule has 0 aliphatic rings. The topological polar surface area (TPSA) is 38.3 Å². The normalized spacial score (nSPS) is 10.1. The monoisotopic (exact) mass is 303 g/mol. The van der Waals surface area contributed by atoms with E-state index in [9.17, 15) is 4.79 Å². The molecule has 1 N–H and O–H groups in total. The number of hydrogen-bond acceptors (Lipinski definition) is 2. The molecule has 0 saturated heterocycles. The highest BCUT2D eigenvalue weighted by Gasteiger charge is 2.05. The summed E-state index contributed by atoms with van der Waals surface area (Å²) >= 11 is 0. The van der Waals surface area contributed by atoms with Gasteiger partial charge in [-0.1, -0.05) is 30.3 Å². The number of aryl methyl sites for hydroxylation is 1. The lowest BCUT2D eigenvalue weighted by atomic mass is 10.2. The molecule has 0 heterocycles. The fraction of sp³-hybridized carbons (Fsp3) is 0.0500. The number of nitrogens with one attached hydrogen (secondary N) is 1. The second-order valence-corrected chi connectivity index (χ2v) is 5.26. The van der Waals surface area contributed by atoms with Gasteiger partial charge in [-0.05, 0) is 61.0 Å². The van der Waals surface area contributed by atoms with Crippen LogP contribution in [-0.2, 0) is 0 Å². The molecule has 114 valence electrons. The van der Waals surface area contributed by atoms with Gasteiger partial charge in [0.05, 0.1) is 0 Å². The van der Waals surface area contributed by atoms with Crippen LogP contribution in [0.1, 0.15) is 15.9 Å². The summed E-state index contributed by atoms with van der Waals surface area (Å²) in [6, 6.07) is 24.3. The molecule has 23 heavy (non-hydrogen) atoms. The van der Waals surface area contributed by atoms with E-state index >= 15 is 0 Å². The summed E-state index contributed by atoms with van der Waals surface area (Å²) in [4.78, 5) is 12.1. The highest BCUT2D eigenvalue weighted by molar-refractivity contribution is 6.04. The first-order valence-electron chi connectivity index (χ1n) is 7.42. The van der Waals surface area contributed by atoms with Crippen molar-refractivity contribution in [2.45, 2.75) is 6.92 Å². The molecule has 3 nitrogen and oxygen atoms in total. The summed E-state index contributed by atoms with van der Waals surface area (Å²) in [5.74, 6) is 1.40. The molecule has 0 aliphatic heterocycles. The van der Waals surface area contributed by atoms with Crippen molar-refractivity contribution in [1.82, 2.24) is 0 Å². The number of hydrogen-bond donors (Lipinski definition) is 1. The third kappa shape index (κ3) is 3.98. The first kappa shape index (κ1) is 14.9. The molecule has 0 atom stereocenters. The number of rotatable bonds is 4. The van der Waals surface area contributed by atoms with Crippen molar-refractivity contribution in [2.24, 2.45) is 0 Å². The van der Waals surface area contributed by atoms with Gasteiger partial charge in [0, 0.05) is 11.3 Å².